The summed E-state index contributed by atoms with van der Waals surface area (Å²) in [5, 5.41) is 2.07. The SMILES string of the molecule is CCc1[nH]c2cc(Cl)ccc2c1C. The monoisotopic (exact) mass is 193 g/mol. The molecule has 0 bridgehead atoms. The van der Waals surface area contributed by atoms with Crippen LogP contribution in [0.2, 0.25) is 5.02 Å². The van der Waals surface area contributed by atoms with Gasteiger partial charge >= 0.3 is 0 Å². The number of rotatable bonds is 1. The van der Waals surface area contributed by atoms with Gasteiger partial charge in [0.05, 0.1) is 0 Å². The van der Waals surface area contributed by atoms with Crippen LogP contribution in [0.1, 0.15) is 18.2 Å². The summed E-state index contributed by atoms with van der Waals surface area (Å²) < 4.78 is 0. The van der Waals surface area contributed by atoms with E-state index in [0.717, 1.165) is 17.0 Å². The highest BCUT2D eigenvalue weighted by Gasteiger charge is 2.05. The van der Waals surface area contributed by atoms with E-state index in [1.165, 1.54) is 16.6 Å². The van der Waals surface area contributed by atoms with Gasteiger partial charge in [0, 0.05) is 21.6 Å². The lowest BCUT2D eigenvalue weighted by atomic mass is 10.1. The van der Waals surface area contributed by atoms with Crippen LogP contribution in [0, 0.1) is 6.92 Å². The van der Waals surface area contributed by atoms with Crippen molar-refractivity contribution in [3.05, 3.63) is 34.5 Å². The highest BCUT2D eigenvalue weighted by atomic mass is 35.5. The van der Waals surface area contributed by atoms with Crippen LogP contribution in [0.15, 0.2) is 18.2 Å². The molecule has 0 unspecified atom stereocenters. The maximum absolute atomic E-state index is 5.90. The number of benzene rings is 1. The van der Waals surface area contributed by atoms with Crippen LogP contribution in [0.4, 0.5) is 0 Å². The first kappa shape index (κ1) is 8.64. The van der Waals surface area contributed by atoms with E-state index in [4.69, 9.17) is 11.6 Å². The lowest BCUT2D eigenvalue weighted by Crippen LogP contribution is -1.80. The number of aromatic amines is 1. The van der Waals surface area contributed by atoms with Gasteiger partial charge in [0.2, 0.25) is 0 Å². The Morgan fingerprint density at radius 2 is 2.15 bits per heavy atom. The average Bonchev–Trinajstić information content (AvgIpc) is 2.42. The number of halogens is 1. The largest absolute Gasteiger partial charge is 0.358 e. The number of hydrogen-bond donors (Lipinski definition) is 1. The maximum Gasteiger partial charge on any atom is 0.0473 e. The fourth-order valence-corrected chi connectivity index (χ4v) is 1.89. The average molecular weight is 194 g/mol. The van der Waals surface area contributed by atoms with E-state index in [9.17, 15) is 0 Å². The molecular formula is C11H12ClN. The Morgan fingerprint density at radius 1 is 1.38 bits per heavy atom. The summed E-state index contributed by atoms with van der Waals surface area (Å²) in [5.41, 5.74) is 3.79. The van der Waals surface area contributed by atoms with Gasteiger partial charge in [0.25, 0.3) is 0 Å². The van der Waals surface area contributed by atoms with E-state index in [-0.39, 0.29) is 0 Å². The Morgan fingerprint density at radius 3 is 2.85 bits per heavy atom. The van der Waals surface area contributed by atoms with E-state index >= 15 is 0 Å². The summed E-state index contributed by atoms with van der Waals surface area (Å²) in [5.74, 6) is 0. The molecule has 1 nitrogen and oxygen atoms in total. The van der Waals surface area contributed by atoms with Crippen LogP contribution in [0.5, 0.6) is 0 Å². The molecule has 0 radical (unpaired) electrons. The Hall–Kier alpha value is -0.950. The number of fused-ring (bicyclic) bond motifs is 1. The molecule has 1 aromatic carbocycles. The van der Waals surface area contributed by atoms with Crippen molar-refractivity contribution in [3.63, 3.8) is 0 Å². The van der Waals surface area contributed by atoms with Gasteiger partial charge in [-0.2, -0.15) is 0 Å². The molecule has 1 N–H and O–H groups in total. The molecule has 0 aliphatic heterocycles. The number of hydrogen-bond acceptors (Lipinski definition) is 0. The Labute approximate surface area is 82.7 Å². The van der Waals surface area contributed by atoms with Crippen LogP contribution in [-0.4, -0.2) is 4.98 Å². The van der Waals surface area contributed by atoms with E-state index in [1.54, 1.807) is 0 Å². The summed E-state index contributed by atoms with van der Waals surface area (Å²) in [7, 11) is 0. The van der Waals surface area contributed by atoms with Crippen molar-refractivity contribution in [3.8, 4) is 0 Å². The second-order valence-electron chi connectivity index (χ2n) is 3.27. The van der Waals surface area contributed by atoms with E-state index in [1.807, 2.05) is 12.1 Å². The minimum atomic E-state index is 0.788. The first-order valence-corrected chi connectivity index (χ1v) is 4.87. The number of aryl methyl sites for hydroxylation is 2. The molecule has 68 valence electrons. The standard InChI is InChI=1S/C11H12ClN/c1-3-10-7(2)9-5-4-8(12)6-11(9)13-10/h4-6,13H,3H2,1-2H3. The number of H-pyrrole nitrogens is 1. The van der Waals surface area contributed by atoms with Gasteiger partial charge < -0.3 is 4.98 Å². The first-order chi connectivity index (χ1) is 6.22. The maximum atomic E-state index is 5.90. The number of aromatic nitrogens is 1. The fraction of sp³-hybridized carbons (Fsp3) is 0.273. The van der Waals surface area contributed by atoms with Gasteiger partial charge in [-0.05, 0) is 31.0 Å². The third kappa shape index (κ3) is 1.33. The zero-order valence-corrected chi connectivity index (χ0v) is 8.57. The van der Waals surface area contributed by atoms with Crippen molar-refractivity contribution in [2.24, 2.45) is 0 Å². The summed E-state index contributed by atoms with van der Waals surface area (Å²) in [6, 6.07) is 5.98. The molecule has 1 aromatic heterocycles. The van der Waals surface area contributed by atoms with Crippen LogP contribution < -0.4 is 0 Å². The fourth-order valence-electron chi connectivity index (χ4n) is 1.72. The third-order valence-electron chi connectivity index (χ3n) is 2.48. The zero-order chi connectivity index (χ0) is 9.42. The minimum Gasteiger partial charge on any atom is -0.358 e. The van der Waals surface area contributed by atoms with Gasteiger partial charge in [-0.3, -0.25) is 0 Å². The normalized spacial score (nSPS) is 11.0. The van der Waals surface area contributed by atoms with Gasteiger partial charge in [0.1, 0.15) is 0 Å². The molecule has 0 saturated carbocycles. The van der Waals surface area contributed by atoms with Crippen LogP contribution in [0.3, 0.4) is 0 Å². The molecular weight excluding hydrogens is 182 g/mol. The Kier molecular flexibility index (Phi) is 2.04. The highest BCUT2D eigenvalue weighted by Crippen LogP contribution is 2.24. The lowest BCUT2D eigenvalue weighted by Gasteiger charge is -1.92. The third-order valence-corrected chi connectivity index (χ3v) is 2.71. The van der Waals surface area contributed by atoms with Gasteiger partial charge in [-0.15, -0.1) is 0 Å². The molecule has 0 fully saturated rings. The van der Waals surface area contributed by atoms with Crippen LogP contribution in [0.25, 0.3) is 10.9 Å². The molecule has 2 aromatic rings. The summed E-state index contributed by atoms with van der Waals surface area (Å²) in [6.07, 6.45) is 1.04. The van der Waals surface area contributed by atoms with Crippen molar-refractivity contribution in [1.82, 2.24) is 4.98 Å². The minimum absolute atomic E-state index is 0.788. The summed E-state index contributed by atoms with van der Waals surface area (Å²) in [4.78, 5) is 3.37. The second-order valence-corrected chi connectivity index (χ2v) is 3.71. The van der Waals surface area contributed by atoms with Crippen molar-refractivity contribution in [1.29, 1.82) is 0 Å². The van der Waals surface area contributed by atoms with Crippen molar-refractivity contribution in [2.45, 2.75) is 20.3 Å². The Balaban J connectivity index is 2.76. The molecule has 0 saturated heterocycles. The molecule has 1 heterocycles. The summed E-state index contributed by atoms with van der Waals surface area (Å²) in [6.45, 7) is 4.30. The molecule has 0 aliphatic carbocycles. The molecule has 0 spiro atoms. The van der Waals surface area contributed by atoms with E-state index < -0.39 is 0 Å². The van der Waals surface area contributed by atoms with Crippen molar-refractivity contribution < 1.29 is 0 Å². The Bertz CT molecular complexity index is 443. The van der Waals surface area contributed by atoms with Gasteiger partial charge in [-0.25, -0.2) is 0 Å². The van der Waals surface area contributed by atoms with Gasteiger partial charge in [0.15, 0.2) is 0 Å². The molecule has 13 heavy (non-hydrogen) atoms. The zero-order valence-electron chi connectivity index (χ0n) is 7.82. The molecule has 0 atom stereocenters. The van der Waals surface area contributed by atoms with E-state index in [2.05, 4.69) is 24.9 Å². The lowest BCUT2D eigenvalue weighted by molar-refractivity contribution is 1.05. The molecule has 0 amide bonds. The topological polar surface area (TPSA) is 15.8 Å². The van der Waals surface area contributed by atoms with Crippen LogP contribution in [-0.2, 0) is 6.42 Å². The van der Waals surface area contributed by atoms with Crippen molar-refractivity contribution >= 4 is 22.5 Å². The quantitative estimate of drug-likeness (QED) is 0.711. The molecule has 2 rings (SSSR count). The molecule has 2 heteroatoms. The summed E-state index contributed by atoms with van der Waals surface area (Å²) >= 11 is 5.90. The van der Waals surface area contributed by atoms with Crippen molar-refractivity contribution in [2.75, 3.05) is 0 Å². The number of nitrogens with one attached hydrogen (secondary N) is 1. The van der Waals surface area contributed by atoms with Crippen LogP contribution >= 0.6 is 11.6 Å². The first-order valence-electron chi connectivity index (χ1n) is 4.49. The second kappa shape index (κ2) is 3.08. The van der Waals surface area contributed by atoms with E-state index in [0.29, 0.717) is 0 Å². The molecule has 0 aliphatic rings. The van der Waals surface area contributed by atoms with Gasteiger partial charge in [-0.1, -0.05) is 24.6 Å². The predicted molar refractivity (Wildman–Crippen MR) is 57.4 cm³/mol. The highest BCUT2D eigenvalue weighted by molar-refractivity contribution is 6.31. The smallest absolute Gasteiger partial charge is 0.0473 e. The predicted octanol–water partition coefficient (Wildman–Crippen LogP) is 3.69.